The van der Waals surface area contributed by atoms with Gasteiger partial charge in [-0.2, -0.15) is 5.26 Å². The number of carbonyl (C=O) groups is 1. The van der Waals surface area contributed by atoms with Crippen LogP contribution in [0.5, 0.6) is 0 Å². The second-order valence-electron chi connectivity index (χ2n) is 5.35. The van der Waals surface area contributed by atoms with Gasteiger partial charge in [-0.3, -0.25) is 4.79 Å². The maximum absolute atomic E-state index is 11.6. The van der Waals surface area contributed by atoms with Gasteiger partial charge in [0.2, 0.25) is 5.91 Å². The zero-order chi connectivity index (χ0) is 14.3. The van der Waals surface area contributed by atoms with Crippen LogP contribution in [0.4, 0.5) is 0 Å². The molecule has 0 unspecified atom stereocenters. The molecule has 0 saturated carbocycles. The lowest BCUT2D eigenvalue weighted by Gasteiger charge is -2.20. The van der Waals surface area contributed by atoms with Gasteiger partial charge in [-0.1, -0.05) is 6.07 Å². The highest BCUT2D eigenvalue weighted by Crippen LogP contribution is 2.03. The van der Waals surface area contributed by atoms with Crippen LogP contribution in [0.3, 0.4) is 0 Å². The molecule has 0 atom stereocenters. The summed E-state index contributed by atoms with van der Waals surface area (Å²) >= 11 is 0. The number of aromatic nitrogens is 1. The van der Waals surface area contributed by atoms with E-state index >= 15 is 0 Å². The topological polar surface area (TPSA) is 77.8 Å². The Morgan fingerprint density at radius 2 is 2.21 bits per heavy atom. The van der Waals surface area contributed by atoms with Crippen molar-refractivity contribution < 1.29 is 4.79 Å². The first-order valence-corrected chi connectivity index (χ1v) is 6.28. The Bertz CT molecular complexity index is 471. The van der Waals surface area contributed by atoms with Crippen molar-refractivity contribution in [3.63, 3.8) is 0 Å². The van der Waals surface area contributed by atoms with Crippen molar-refractivity contribution in [3.8, 4) is 6.07 Å². The van der Waals surface area contributed by atoms with Gasteiger partial charge in [0.25, 0.3) is 0 Å². The number of hydrogen-bond acceptors (Lipinski definition) is 4. The molecule has 19 heavy (non-hydrogen) atoms. The molecule has 1 aromatic rings. The predicted octanol–water partition coefficient (Wildman–Crippen LogP) is 1.35. The Hall–Kier alpha value is -1.93. The second-order valence-corrected chi connectivity index (χ2v) is 5.35. The van der Waals surface area contributed by atoms with E-state index in [1.54, 1.807) is 12.3 Å². The third-order valence-corrected chi connectivity index (χ3v) is 2.36. The van der Waals surface area contributed by atoms with E-state index in [2.05, 4.69) is 15.6 Å². The molecule has 5 nitrogen and oxygen atoms in total. The fourth-order valence-electron chi connectivity index (χ4n) is 1.59. The zero-order valence-electron chi connectivity index (χ0n) is 11.7. The third-order valence-electron chi connectivity index (χ3n) is 2.36. The van der Waals surface area contributed by atoms with Gasteiger partial charge in [-0.25, -0.2) is 4.98 Å². The van der Waals surface area contributed by atoms with Crippen molar-refractivity contribution in [1.82, 2.24) is 15.6 Å². The number of pyridine rings is 1. The van der Waals surface area contributed by atoms with Gasteiger partial charge >= 0.3 is 0 Å². The minimum atomic E-state index is -0.200. The molecular weight excluding hydrogens is 240 g/mol. The van der Waals surface area contributed by atoms with Crippen molar-refractivity contribution in [2.75, 3.05) is 6.54 Å². The molecule has 1 heterocycles. The summed E-state index contributed by atoms with van der Waals surface area (Å²) in [6, 6.07) is 5.70. The van der Waals surface area contributed by atoms with Gasteiger partial charge in [0.05, 0.1) is 0 Å². The molecule has 1 rings (SSSR count). The molecule has 0 aliphatic heterocycles. The third kappa shape index (κ3) is 5.98. The summed E-state index contributed by atoms with van der Waals surface area (Å²) in [7, 11) is 0. The molecule has 1 amide bonds. The van der Waals surface area contributed by atoms with Crippen molar-refractivity contribution in [3.05, 3.63) is 29.6 Å². The maximum atomic E-state index is 11.6. The lowest BCUT2D eigenvalue weighted by Crippen LogP contribution is -2.41. The SMILES string of the molecule is CC(C)(C)NC(=O)CCNCc1cccnc1C#N. The lowest BCUT2D eigenvalue weighted by molar-refractivity contribution is -0.122. The molecule has 102 valence electrons. The Morgan fingerprint density at radius 3 is 2.84 bits per heavy atom. The summed E-state index contributed by atoms with van der Waals surface area (Å²) < 4.78 is 0. The fraction of sp³-hybridized carbons (Fsp3) is 0.500. The van der Waals surface area contributed by atoms with Crippen molar-refractivity contribution in [2.45, 2.75) is 39.3 Å². The summed E-state index contributed by atoms with van der Waals surface area (Å²) in [6.45, 7) is 6.97. The first kappa shape index (κ1) is 15.1. The summed E-state index contributed by atoms with van der Waals surface area (Å²) in [5, 5.41) is 14.9. The van der Waals surface area contributed by atoms with E-state index in [1.807, 2.05) is 32.9 Å². The number of rotatable bonds is 5. The molecule has 0 radical (unpaired) electrons. The van der Waals surface area contributed by atoms with Crippen LogP contribution in [0.15, 0.2) is 18.3 Å². The van der Waals surface area contributed by atoms with Gasteiger partial charge in [0, 0.05) is 36.8 Å². The average molecular weight is 260 g/mol. The summed E-state index contributed by atoms with van der Waals surface area (Å²) in [4.78, 5) is 15.6. The van der Waals surface area contributed by atoms with Gasteiger partial charge < -0.3 is 10.6 Å². The first-order valence-electron chi connectivity index (χ1n) is 6.28. The minimum absolute atomic E-state index is 0.0201. The molecule has 0 spiro atoms. The summed E-state index contributed by atoms with van der Waals surface area (Å²) in [5.41, 5.74) is 1.07. The van der Waals surface area contributed by atoms with E-state index < -0.39 is 0 Å². The lowest BCUT2D eigenvalue weighted by atomic mass is 10.1. The largest absolute Gasteiger partial charge is 0.351 e. The van der Waals surface area contributed by atoms with Gasteiger partial charge in [0.15, 0.2) is 0 Å². The second kappa shape index (κ2) is 6.86. The highest BCUT2D eigenvalue weighted by atomic mass is 16.1. The molecule has 5 heteroatoms. The van der Waals surface area contributed by atoms with Gasteiger partial charge in [-0.15, -0.1) is 0 Å². The summed E-state index contributed by atoms with van der Waals surface area (Å²) in [5.74, 6) is 0.0201. The monoisotopic (exact) mass is 260 g/mol. The molecular formula is C14H20N4O. The van der Waals surface area contributed by atoms with Crippen molar-refractivity contribution in [2.24, 2.45) is 0 Å². The molecule has 0 bridgehead atoms. The van der Waals surface area contributed by atoms with Crippen LogP contribution in [0.2, 0.25) is 0 Å². The molecule has 2 N–H and O–H groups in total. The fourth-order valence-corrected chi connectivity index (χ4v) is 1.59. The predicted molar refractivity (Wildman–Crippen MR) is 73.2 cm³/mol. The van der Waals surface area contributed by atoms with Crippen LogP contribution >= 0.6 is 0 Å². The number of nitrogens with zero attached hydrogens (tertiary/aromatic N) is 2. The quantitative estimate of drug-likeness (QED) is 0.783. The van der Waals surface area contributed by atoms with E-state index in [1.165, 1.54) is 0 Å². The van der Waals surface area contributed by atoms with Gasteiger partial charge in [-0.05, 0) is 26.8 Å². The molecule has 0 fully saturated rings. The number of hydrogen-bond donors (Lipinski definition) is 2. The number of amides is 1. The van der Waals surface area contributed by atoms with Crippen LogP contribution in [0.25, 0.3) is 0 Å². The van der Waals surface area contributed by atoms with E-state index in [9.17, 15) is 4.79 Å². The van der Waals surface area contributed by atoms with E-state index in [0.717, 1.165) is 5.56 Å². The number of nitrogens with one attached hydrogen (secondary N) is 2. The normalized spacial score (nSPS) is 10.8. The maximum Gasteiger partial charge on any atom is 0.221 e. The van der Waals surface area contributed by atoms with E-state index in [0.29, 0.717) is 25.2 Å². The Labute approximate surface area is 114 Å². The molecule has 0 aromatic carbocycles. The van der Waals surface area contributed by atoms with Crippen molar-refractivity contribution in [1.29, 1.82) is 5.26 Å². The standard InChI is InChI=1S/C14H20N4O/c1-14(2,3)18-13(19)6-8-16-10-11-5-4-7-17-12(11)9-15/h4-5,7,16H,6,8,10H2,1-3H3,(H,18,19). The first-order chi connectivity index (χ1) is 8.92. The molecule has 0 aliphatic carbocycles. The van der Waals surface area contributed by atoms with Crippen LogP contribution in [-0.4, -0.2) is 23.0 Å². The minimum Gasteiger partial charge on any atom is -0.351 e. The number of carbonyl (C=O) groups excluding carboxylic acids is 1. The highest BCUT2D eigenvalue weighted by molar-refractivity contribution is 5.76. The Morgan fingerprint density at radius 1 is 1.47 bits per heavy atom. The molecule has 0 saturated heterocycles. The smallest absolute Gasteiger partial charge is 0.221 e. The van der Waals surface area contributed by atoms with E-state index in [4.69, 9.17) is 5.26 Å². The highest BCUT2D eigenvalue weighted by Gasteiger charge is 2.12. The van der Waals surface area contributed by atoms with Crippen LogP contribution in [0.1, 0.15) is 38.4 Å². The van der Waals surface area contributed by atoms with E-state index in [-0.39, 0.29) is 11.4 Å². The van der Waals surface area contributed by atoms with Crippen molar-refractivity contribution >= 4 is 5.91 Å². The van der Waals surface area contributed by atoms with Crippen LogP contribution in [-0.2, 0) is 11.3 Å². The summed E-state index contributed by atoms with van der Waals surface area (Å²) in [6.07, 6.45) is 2.01. The van der Waals surface area contributed by atoms with Crippen LogP contribution in [0, 0.1) is 11.3 Å². The molecule has 0 aliphatic rings. The Kier molecular flexibility index (Phi) is 5.46. The average Bonchev–Trinajstić information content (AvgIpc) is 2.33. The number of nitriles is 1. The van der Waals surface area contributed by atoms with Gasteiger partial charge in [0.1, 0.15) is 11.8 Å². The zero-order valence-corrected chi connectivity index (χ0v) is 11.7. The van der Waals surface area contributed by atoms with Crippen LogP contribution < -0.4 is 10.6 Å². The molecule has 1 aromatic heterocycles. The Balaban J connectivity index is 2.32.